The van der Waals surface area contributed by atoms with Crippen molar-refractivity contribution in [1.29, 1.82) is 0 Å². The Morgan fingerprint density at radius 1 is 1.17 bits per heavy atom. The Morgan fingerprint density at radius 3 is 2.50 bits per heavy atom. The first-order chi connectivity index (χ1) is 11.5. The summed E-state index contributed by atoms with van der Waals surface area (Å²) < 4.78 is 11.2. The van der Waals surface area contributed by atoms with Crippen LogP contribution < -0.4 is 14.8 Å². The third-order valence-electron chi connectivity index (χ3n) is 2.93. The van der Waals surface area contributed by atoms with Gasteiger partial charge in [-0.15, -0.1) is 0 Å². The summed E-state index contributed by atoms with van der Waals surface area (Å²) in [6, 6.07) is 11.5. The van der Waals surface area contributed by atoms with Crippen molar-refractivity contribution in [1.82, 2.24) is 0 Å². The molecular formula is C17H15BrClNO4. The number of rotatable bonds is 6. The molecule has 0 aliphatic rings. The molecule has 0 saturated carbocycles. The summed E-state index contributed by atoms with van der Waals surface area (Å²) >= 11 is 9.14. The molecule has 1 amide bonds. The minimum Gasteiger partial charge on any atom is -0.481 e. The van der Waals surface area contributed by atoms with Crippen LogP contribution in [-0.4, -0.2) is 18.5 Å². The Balaban J connectivity index is 1.86. The van der Waals surface area contributed by atoms with E-state index in [4.69, 9.17) is 21.1 Å². The topological polar surface area (TPSA) is 64.6 Å². The number of anilines is 1. The van der Waals surface area contributed by atoms with Crippen LogP contribution in [0.2, 0.25) is 5.02 Å². The van der Waals surface area contributed by atoms with Gasteiger partial charge in [0.2, 0.25) is 5.91 Å². The molecule has 0 atom stereocenters. The van der Waals surface area contributed by atoms with E-state index in [1.54, 1.807) is 49.4 Å². The second-order valence-corrected chi connectivity index (χ2v) is 6.05. The van der Waals surface area contributed by atoms with Gasteiger partial charge in [-0.05, 0) is 58.4 Å². The van der Waals surface area contributed by atoms with Crippen molar-refractivity contribution in [3.63, 3.8) is 0 Å². The van der Waals surface area contributed by atoms with Crippen LogP contribution in [0.15, 0.2) is 46.9 Å². The molecule has 0 fully saturated rings. The number of benzene rings is 2. The van der Waals surface area contributed by atoms with Crippen LogP contribution in [0.3, 0.4) is 0 Å². The largest absolute Gasteiger partial charge is 0.481 e. The van der Waals surface area contributed by atoms with Gasteiger partial charge < -0.3 is 14.8 Å². The van der Waals surface area contributed by atoms with Gasteiger partial charge in [-0.3, -0.25) is 4.79 Å². The van der Waals surface area contributed by atoms with Crippen LogP contribution in [0.1, 0.15) is 13.3 Å². The Kier molecular flexibility index (Phi) is 6.63. The first-order valence-electron chi connectivity index (χ1n) is 7.16. The van der Waals surface area contributed by atoms with Crippen molar-refractivity contribution in [3.8, 4) is 11.5 Å². The van der Waals surface area contributed by atoms with Gasteiger partial charge in [0.05, 0.1) is 4.47 Å². The van der Waals surface area contributed by atoms with Gasteiger partial charge in [-0.25, -0.2) is 4.79 Å². The van der Waals surface area contributed by atoms with Crippen LogP contribution in [0.25, 0.3) is 0 Å². The molecule has 0 saturated heterocycles. The van der Waals surface area contributed by atoms with E-state index in [9.17, 15) is 9.59 Å². The average molecular weight is 413 g/mol. The third-order valence-corrected chi connectivity index (χ3v) is 3.79. The van der Waals surface area contributed by atoms with E-state index in [0.29, 0.717) is 33.1 Å². The number of hydrogen-bond donors (Lipinski definition) is 1. The molecule has 2 aromatic rings. The Bertz CT molecular complexity index is 734. The van der Waals surface area contributed by atoms with Crippen molar-refractivity contribution < 1.29 is 19.1 Å². The van der Waals surface area contributed by atoms with E-state index < -0.39 is 5.97 Å². The molecule has 0 unspecified atom stereocenters. The third kappa shape index (κ3) is 5.54. The van der Waals surface area contributed by atoms with E-state index in [1.807, 2.05) is 0 Å². The van der Waals surface area contributed by atoms with Crippen molar-refractivity contribution in [2.24, 2.45) is 0 Å². The lowest BCUT2D eigenvalue weighted by Crippen LogP contribution is -2.17. The molecule has 126 valence electrons. The Hall–Kier alpha value is -2.05. The summed E-state index contributed by atoms with van der Waals surface area (Å²) in [5.41, 5.74) is 0.642. The SMILES string of the molecule is CCC(=O)Nc1ccc(OC(=O)COc2ccc(Cl)cc2Br)cc1. The second kappa shape index (κ2) is 8.70. The first kappa shape index (κ1) is 18.3. The van der Waals surface area contributed by atoms with Crippen LogP contribution in [0.4, 0.5) is 5.69 Å². The standard InChI is InChI=1S/C17H15BrClNO4/c1-2-16(21)20-12-4-6-13(7-5-12)24-17(22)10-23-15-8-3-11(19)9-14(15)18/h3-9H,2,10H2,1H3,(H,20,21). The van der Waals surface area contributed by atoms with E-state index in [0.717, 1.165) is 0 Å². The fraction of sp³-hybridized carbons (Fsp3) is 0.176. The molecule has 0 radical (unpaired) electrons. The van der Waals surface area contributed by atoms with Crippen molar-refractivity contribution in [3.05, 3.63) is 52.0 Å². The zero-order valence-electron chi connectivity index (χ0n) is 12.8. The lowest BCUT2D eigenvalue weighted by atomic mass is 10.3. The maximum Gasteiger partial charge on any atom is 0.349 e. The summed E-state index contributed by atoms with van der Waals surface area (Å²) in [5.74, 6) is 0.242. The van der Waals surface area contributed by atoms with E-state index >= 15 is 0 Å². The molecular weight excluding hydrogens is 398 g/mol. The molecule has 0 aliphatic carbocycles. The van der Waals surface area contributed by atoms with Gasteiger partial charge in [0.25, 0.3) is 0 Å². The molecule has 24 heavy (non-hydrogen) atoms. The molecule has 1 N–H and O–H groups in total. The predicted octanol–water partition coefficient (Wildman–Crippen LogP) is 4.44. The highest BCUT2D eigenvalue weighted by molar-refractivity contribution is 9.10. The fourth-order valence-electron chi connectivity index (χ4n) is 1.75. The molecule has 2 aromatic carbocycles. The minimum atomic E-state index is -0.540. The highest BCUT2D eigenvalue weighted by Crippen LogP contribution is 2.28. The molecule has 0 spiro atoms. The van der Waals surface area contributed by atoms with Gasteiger partial charge in [0.15, 0.2) is 6.61 Å². The first-order valence-corrected chi connectivity index (χ1v) is 8.33. The zero-order chi connectivity index (χ0) is 17.5. The van der Waals surface area contributed by atoms with Crippen LogP contribution in [-0.2, 0) is 9.59 Å². The molecule has 0 heterocycles. The number of carbonyl (C=O) groups excluding carboxylic acids is 2. The number of amides is 1. The summed E-state index contributed by atoms with van der Waals surface area (Å²) in [5, 5.41) is 3.27. The number of esters is 1. The van der Waals surface area contributed by atoms with Gasteiger partial charge in [0, 0.05) is 17.1 Å². The zero-order valence-corrected chi connectivity index (χ0v) is 15.2. The minimum absolute atomic E-state index is 0.0818. The normalized spacial score (nSPS) is 10.1. The van der Waals surface area contributed by atoms with Crippen molar-refractivity contribution >= 4 is 45.1 Å². The van der Waals surface area contributed by atoms with Crippen LogP contribution >= 0.6 is 27.5 Å². The number of nitrogens with one attached hydrogen (secondary N) is 1. The fourth-order valence-corrected chi connectivity index (χ4v) is 2.54. The number of hydrogen-bond acceptors (Lipinski definition) is 4. The molecule has 2 rings (SSSR count). The van der Waals surface area contributed by atoms with Crippen molar-refractivity contribution in [2.45, 2.75) is 13.3 Å². The average Bonchev–Trinajstić information content (AvgIpc) is 2.55. The molecule has 0 aromatic heterocycles. The maximum atomic E-state index is 11.8. The summed E-state index contributed by atoms with van der Waals surface area (Å²) in [7, 11) is 0. The number of halogens is 2. The summed E-state index contributed by atoms with van der Waals surface area (Å²) in [4.78, 5) is 23.1. The summed E-state index contributed by atoms with van der Waals surface area (Å²) in [6.07, 6.45) is 0.397. The Labute approximate surface area is 153 Å². The van der Waals surface area contributed by atoms with E-state index in [1.165, 1.54) is 0 Å². The second-order valence-electron chi connectivity index (χ2n) is 4.76. The molecule has 0 bridgehead atoms. The number of ether oxygens (including phenoxy) is 2. The highest BCUT2D eigenvalue weighted by atomic mass is 79.9. The van der Waals surface area contributed by atoms with Crippen LogP contribution in [0, 0.1) is 0 Å². The van der Waals surface area contributed by atoms with Gasteiger partial charge in [-0.2, -0.15) is 0 Å². The monoisotopic (exact) mass is 411 g/mol. The number of carbonyl (C=O) groups is 2. The molecule has 0 aliphatic heterocycles. The maximum absolute atomic E-state index is 11.8. The van der Waals surface area contributed by atoms with E-state index in [2.05, 4.69) is 21.2 Å². The molecule has 5 nitrogen and oxygen atoms in total. The molecule has 7 heteroatoms. The Morgan fingerprint density at radius 2 is 1.88 bits per heavy atom. The predicted molar refractivity (Wildman–Crippen MR) is 95.6 cm³/mol. The highest BCUT2D eigenvalue weighted by Gasteiger charge is 2.09. The van der Waals surface area contributed by atoms with Crippen molar-refractivity contribution in [2.75, 3.05) is 11.9 Å². The lowest BCUT2D eigenvalue weighted by Gasteiger charge is -2.09. The smallest absolute Gasteiger partial charge is 0.349 e. The van der Waals surface area contributed by atoms with Gasteiger partial charge in [-0.1, -0.05) is 18.5 Å². The van der Waals surface area contributed by atoms with Crippen LogP contribution in [0.5, 0.6) is 11.5 Å². The quantitative estimate of drug-likeness (QED) is 0.563. The lowest BCUT2D eigenvalue weighted by molar-refractivity contribution is -0.136. The van der Waals surface area contributed by atoms with Gasteiger partial charge in [0.1, 0.15) is 11.5 Å². The van der Waals surface area contributed by atoms with Gasteiger partial charge >= 0.3 is 5.97 Å². The summed E-state index contributed by atoms with van der Waals surface area (Å²) in [6.45, 7) is 1.53. The van der Waals surface area contributed by atoms with E-state index in [-0.39, 0.29) is 12.5 Å².